The van der Waals surface area contributed by atoms with Crippen molar-refractivity contribution < 1.29 is 13.2 Å². The van der Waals surface area contributed by atoms with Crippen molar-refractivity contribution in [3.63, 3.8) is 0 Å². The highest BCUT2D eigenvalue weighted by molar-refractivity contribution is 8.13. The molecule has 124 valence electrons. The lowest BCUT2D eigenvalue weighted by Crippen LogP contribution is -2.23. The van der Waals surface area contributed by atoms with Crippen LogP contribution in [0, 0.1) is 0 Å². The van der Waals surface area contributed by atoms with E-state index in [-0.39, 0.29) is 17.0 Å². The molecule has 0 saturated heterocycles. The first-order chi connectivity index (χ1) is 11.4. The summed E-state index contributed by atoms with van der Waals surface area (Å²) in [5.74, 6) is 0.479. The number of pyridine rings is 1. The van der Waals surface area contributed by atoms with Crippen LogP contribution in [0.15, 0.2) is 52.4 Å². The summed E-state index contributed by atoms with van der Waals surface area (Å²) in [5.41, 5.74) is 0.451. The van der Waals surface area contributed by atoms with E-state index in [0.29, 0.717) is 16.7 Å². The highest BCUT2D eigenvalue weighted by atomic mass is 35.7. The number of benzene rings is 1. The second-order valence-corrected chi connectivity index (χ2v) is 7.57. The number of rotatable bonds is 4. The number of hydrogen-bond acceptors (Lipinski definition) is 6. The number of ether oxygens (including phenoxy) is 1. The molecule has 0 saturated carbocycles. The van der Waals surface area contributed by atoms with Gasteiger partial charge in [0.05, 0.1) is 30.1 Å². The maximum Gasteiger partial charge on any atom is 0.274 e. The summed E-state index contributed by atoms with van der Waals surface area (Å²) in [7, 11) is 2.98. The predicted molar refractivity (Wildman–Crippen MR) is 88.9 cm³/mol. The van der Waals surface area contributed by atoms with Crippen LogP contribution in [0.3, 0.4) is 0 Å². The third-order valence-electron chi connectivity index (χ3n) is 3.44. The Balaban J connectivity index is 2.00. The summed E-state index contributed by atoms with van der Waals surface area (Å²) in [6.07, 6.45) is 3.03. The van der Waals surface area contributed by atoms with Crippen LogP contribution in [0.2, 0.25) is 0 Å². The van der Waals surface area contributed by atoms with E-state index < -0.39 is 9.05 Å². The second-order valence-electron chi connectivity index (χ2n) is 5.00. The Hall–Kier alpha value is -2.45. The smallest absolute Gasteiger partial charge is 0.274 e. The van der Waals surface area contributed by atoms with Crippen molar-refractivity contribution in [2.75, 3.05) is 7.11 Å². The molecule has 0 aliphatic carbocycles. The van der Waals surface area contributed by atoms with Crippen molar-refractivity contribution in [1.29, 1.82) is 0 Å². The predicted octanol–water partition coefficient (Wildman–Crippen LogP) is 1.78. The molecule has 0 atom stereocenters. The lowest BCUT2D eigenvalue weighted by Gasteiger charge is -2.07. The fraction of sp³-hybridized carbons (Fsp3) is 0.133. The Morgan fingerprint density at radius 3 is 2.62 bits per heavy atom. The lowest BCUT2D eigenvalue weighted by molar-refractivity contribution is 0.397. The van der Waals surface area contributed by atoms with Gasteiger partial charge >= 0.3 is 0 Å². The van der Waals surface area contributed by atoms with E-state index in [1.165, 1.54) is 36.2 Å². The monoisotopic (exact) mass is 365 g/mol. The topological polar surface area (TPSA) is 91.2 Å². The normalized spacial score (nSPS) is 11.6. The number of nitrogens with zero attached hydrogens (tertiary/aromatic N) is 3. The summed E-state index contributed by atoms with van der Waals surface area (Å²) in [5, 5.41) is 4.84. The summed E-state index contributed by atoms with van der Waals surface area (Å²) in [6.45, 7) is 0.237. The molecule has 2 heterocycles. The molecule has 0 unspecified atom stereocenters. The molecule has 24 heavy (non-hydrogen) atoms. The quantitative estimate of drug-likeness (QED) is 0.654. The van der Waals surface area contributed by atoms with Gasteiger partial charge in [0.25, 0.3) is 14.6 Å². The van der Waals surface area contributed by atoms with E-state index in [9.17, 15) is 13.2 Å². The Bertz CT molecular complexity index is 1060. The van der Waals surface area contributed by atoms with Crippen LogP contribution in [0.4, 0.5) is 0 Å². The number of halogens is 1. The maximum atomic E-state index is 12.5. The standard InChI is InChI=1S/C15H12ClN3O4S/c1-23-14-5-2-10(7-17-14)9-19-15(20)13-4-3-12(24(16,21)22)6-11(13)8-18-19/h2-8H,9H2,1H3. The van der Waals surface area contributed by atoms with Gasteiger partial charge in [-0.3, -0.25) is 4.79 Å². The Morgan fingerprint density at radius 1 is 1.21 bits per heavy atom. The SMILES string of the molecule is COc1ccc(Cn2ncc3cc(S(=O)(=O)Cl)ccc3c2=O)cn1. The van der Waals surface area contributed by atoms with Gasteiger partial charge < -0.3 is 4.74 Å². The first kappa shape index (κ1) is 16.4. The lowest BCUT2D eigenvalue weighted by atomic mass is 10.2. The van der Waals surface area contributed by atoms with Gasteiger partial charge in [-0.05, 0) is 23.8 Å². The third kappa shape index (κ3) is 3.24. The summed E-state index contributed by atoms with van der Waals surface area (Å²) in [4.78, 5) is 16.5. The minimum absolute atomic E-state index is 0.0741. The Labute approximate surface area is 141 Å². The summed E-state index contributed by atoms with van der Waals surface area (Å²) in [6, 6.07) is 7.53. The average Bonchev–Trinajstić information content (AvgIpc) is 2.57. The number of fused-ring (bicyclic) bond motifs is 1. The molecule has 2 aromatic heterocycles. The fourth-order valence-corrected chi connectivity index (χ4v) is 3.01. The number of methoxy groups -OCH3 is 1. The number of hydrogen-bond donors (Lipinski definition) is 0. The summed E-state index contributed by atoms with van der Waals surface area (Å²) >= 11 is 0. The minimum Gasteiger partial charge on any atom is -0.481 e. The van der Waals surface area contributed by atoms with Crippen LogP contribution in [0.25, 0.3) is 10.8 Å². The van der Waals surface area contributed by atoms with Gasteiger partial charge in [-0.25, -0.2) is 18.1 Å². The molecule has 0 aliphatic rings. The highest BCUT2D eigenvalue weighted by Crippen LogP contribution is 2.19. The van der Waals surface area contributed by atoms with E-state index in [0.717, 1.165) is 5.56 Å². The van der Waals surface area contributed by atoms with Crippen LogP contribution in [-0.4, -0.2) is 30.3 Å². The number of aromatic nitrogens is 3. The van der Waals surface area contributed by atoms with Crippen molar-refractivity contribution in [2.24, 2.45) is 0 Å². The first-order valence-corrected chi connectivity index (χ1v) is 9.13. The van der Waals surface area contributed by atoms with E-state index in [4.69, 9.17) is 15.4 Å². The minimum atomic E-state index is -3.86. The van der Waals surface area contributed by atoms with Gasteiger partial charge in [0.2, 0.25) is 5.88 Å². The van der Waals surface area contributed by atoms with E-state index in [1.807, 2.05) is 0 Å². The van der Waals surface area contributed by atoms with Crippen LogP contribution >= 0.6 is 10.7 Å². The summed E-state index contributed by atoms with van der Waals surface area (Å²) < 4.78 is 29.0. The molecule has 3 aromatic rings. The third-order valence-corrected chi connectivity index (χ3v) is 4.80. The van der Waals surface area contributed by atoms with Crippen LogP contribution in [0.5, 0.6) is 5.88 Å². The Morgan fingerprint density at radius 2 is 2.00 bits per heavy atom. The van der Waals surface area contributed by atoms with Gasteiger partial charge in [-0.1, -0.05) is 6.07 Å². The molecule has 3 rings (SSSR count). The molecule has 0 amide bonds. The van der Waals surface area contributed by atoms with E-state index in [1.54, 1.807) is 18.3 Å². The molecular formula is C15H12ClN3O4S. The van der Waals surface area contributed by atoms with Crippen molar-refractivity contribution in [3.8, 4) is 5.88 Å². The molecule has 9 heteroatoms. The van der Waals surface area contributed by atoms with Gasteiger partial charge in [0.1, 0.15) is 0 Å². The van der Waals surface area contributed by atoms with Gasteiger partial charge in [0, 0.05) is 28.3 Å². The van der Waals surface area contributed by atoms with Gasteiger partial charge in [-0.2, -0.15) is 5.10 Å². The molecule has 0 bridgehead atoms. The molecule has 1 aromatic carbocycles. The zero-order valence-electron chi connectivity index (χ0n) is 12.5. The van der Waals surface area contributed by atoms with Crippen molar-refractivity contribution in [3.05, 3.63) is 58.6 Å². The van der Waals surface area contributed by atoms with E-state index in [2.05, 4.69) is 10.1 Å². The molecule has 0 fully saturated rings. The molecule has 0 N–H and O–H groups in total. The highest BCUT2D eigenvalue weighted by Gasteiger charge is 2.12. The van der Waals surface area contributed by atoms with Crippen molar-refractivity contribution >= 4 is 30.5 Å². The van der Waals surface area contributed by atoms with E-state index >= 15 is 0 Å². The maximum absolute atomic E-state index is 12.5. The largest absolute Gasteiger partial charge is 0.481 e. The molecular weight excluding hydrogens is 354 g/mol. The van der Waals surface area contributed by atoms with Crippen molar-refractivity contribution in [1.82, 2.24) is 14.8 Å². The average molecular weight is 366 g/mol. The zero-order chi connectivity index (χ0) is 17.3. The first-order valence-electron chi connectivity index (χ1n) is 6.82. The van der Waals surface area contributed by atoms with Crippen LogP contribution in [0.1, 0.15) is 5.56 Å². The zero-order valence-corrected chi connectivity index (χ0v) is 14.1. The Kier molecular flexibility index (Phi) is 4.25. The van der Waals surface area contributed by atoms with Crippen LogP contribution in [-0.2, 0) is 15.6 Å². The molecule has 7 nitrogen and oxygen atoms in total. The molecule has 0 spiro atoms. The fourth-order valence-electron chi connectivity index (χ4n) is 2.23. The molecule has 0 radical (unpaired) electrons. The molecule has 0 aliphatic heterocycles. The van der Waals surface area contributed by atoms with Crippen molar-refractivity contribution in [2.45, 2.75) is 11.4 Å². The second kappa shape index (κ2) is 6.21. The van der Waals surface area contributed by atoms with Gasteiger partial charge in [-0.15, -0.1) is 0 Å². The van der Waals surface area contributed by atoms with Crippen LogP contribution < -0.4 is 10.3 Å². The van der Waals surface area contributed by atoms with Gasteiger partial charge in [0.15, 0.2) is 0 Å².